The van der Waals surface area contributed by atoms with Crippen LogP contribution in [0.15, 0.2) is 24.8 Å². The highest BCUT2D eigenvalue weighted by Crippen LogP contribution is 2.21. The van der Waals surface area contributed by atoms with Crippen molar-refractivity contribution in [3.05, 3.63) is 30.4 Å². The first kappa shape index (κ1) is 18.6. The van der Waals surface area contributed by atoms with Gasteiger partial charge in [-0.15, -0.1) is 0 Å². The topological polar surface area (TPSA) is 102 Å². The van der Waals surface area contributed by atoms with Gasteiger partial charge in [0, 0.05) is 43.5 Å². The predicted octanol–water partition coefficient (Wildman–Crippen LogP) is 0.758. The molecule has 1 aliphatic heterocycles. The van der Waals surface area contributed by atoms with E-state index in [9.17, 15) is 13.2 Å². The second kappa shape index (κ2) is 7.58. The zero-order chi connectivity index (χ0) is 18.7. The summed E-state index contributed by atoms with van der Waals surface area (Å²) in [6.45, 7) is 4.20. The minimum Gasteiger partial charge on any atom is -0.323 e. The van der Waals surface area contributed by atoms with Crippen molar-refractivity contribution in [1.29, 1.82) is 0 Å². The number of carbonyl (C=O) groups is 1. The van der Waals surface area contributed by atoms with Crippen LogP contribution in [0.5, 0.6) is 0 Å². The van der Waals surface area contributed by atoms with E-state index >= 15 is 0 Å². The molecule has 0 aliphatic carbocycles. The molecule has 0 radical (unpaired) electrons. The van der Waals surface area contributed by atoms with Gasteiger partial charge in [0.25, 0.3) is 0 Å². The first-order valence-corrected chi connectivity index (χ1v) is 10.5. The molecule has 1 N–H and O–H groups in total. The quantitative estimate of drug-likeness (QED) is 0.797. The number of rotatable bonds is 6. The monoisotopic (exact) mass is 380 g/mol. The average molecular weight is 380 g/mol. The van der Waals surface area contributed by atoms with Gasteiger partial charge in [0.1, 0.15) is 0 Å². The van der Waals surface area contributed by atoms with Crippen LogP contribution in [0.3, 0.4) is 0 Å². The lowest BCUT2D eigenvalue weighted by Crippen LogP contribution is -2.40. The van der Waals surface area contributed by atoms with E-state index in [0.29, 0.717) is 38.2 Å². The van der Waals surface area contributed by atoms with Gasteiger partial charge in [0.2, 0.25) is 15.9 Å². The molecule has 0 atom stereocenters. The summed E-state index contributed by atoms with van der Waals surface area (Å²) in [6.07, 6.45) is 9.44. The summed E-state index contributed by atoms with van der Waals surface area (Å²) < 4.78 is 28.1. The molecule has 0 spiro atoms. The number of hydrogen-bond acceptors (Lipinski definition) is 5. The van der Waals surface area contributed by atoms with Crippen molar-refractivity contribution in [2.75, 3.05) is 24.7 Å². The summed E-state index contributed by atoms with van der Waals surface area (Å²) >= 11 is 0. The van der Waals surface area contributed by atoms with E-state index in [0.717, 1.165) is 12.1 Å². The first-order chi connectivity index (χ1) is 12.3. The summed E-state index contributed by atoms with van der Waals surface area (Å²) in [4.78, 5) is 12.4. The van der Waals surface area contributed by atoms with Gasteiger partial charge in [-0.2, -0.15) is 10.2 Å². The molecular formula is C16H24N6O3S. The van der Waals surface area contributed by atoms with Crippen molar-refractivity contribution in [1.82, 2.24) is 23.9 Å². The zero-order valence-corrected chi connectivity index (χ0v) is 15.8. The maximum absolute atomic E-state index is 12.4. The van der Waals surface area contributed by atoms with Crippen molar-refractivity contribution < 1.29 is 13.2 Å². The lowest BCUT2D eigenvalue weighted by molar-refractivity contribution is -0.120. The third kappa shape index (κ3) is 4.50. The van der Waals surface area contributed by atoms with Gasteiger partial charge in [-0.05, 0) is 19.8 Å². The highest BCUT2D eigenvalue weighted by atomic mass is 32.2. The number of aromatic nitrogens is 4. The van der Waals surface area contributed by atoms with Gasteiger partial charge >= 0.3 is 0 Å². The Bertz CT molecular complexity index is 864. The zero-order valence-electron chi connectivity index (χ0n) is 15.0. The van der Waals surface area contributed by atoms with Crippen LogP contribution >= 0.6 is 0 Å². The Labute approximate surface area is 153 Å². The fourth-order valence-corrected chi connectivity index (χ4v) is 3.93. The van der Waals surface area contributed by atoms with Crippen molar-refractivity contribution >= 4 is 21.6 Å². The smallest absolute Gasteiger partial charge is 0.227 e. The van der Waals surface area contributed by atoms with E-state index in [2.05, 4.69) is 15.5 Å². The van der Waals surface area contributed by atoms with Gasteiger partial charge in [-0.1, -0.05) is 0 Å². The van der Waals surface area contributed by atoms with Crippen molar-refractivity contribution in [3.63, 3.8) is 0 Å². The molecule has 1 amide bonds. The van der Waals surface area contributed by atoms with E-state index < -0.39 is 10.0 Å². The molecule has 0 saturated carbocycles. The van der Waals surface area contributed by atoms with Crippen molar-refractivity contribution in [3.8, 4) is 0 Å². The minimum atomic E-state index is -3.18. The van der Waals surface area contributed by atoms with Gasteiger partial charge in [-0.3, -0.25) is 14.2 Å². The lowest BCUT2D eigenvalue weighted by atomic mass is 9.97. The third-order valence-electron chi connectivity index (χ3n) is 4.55. The molecule has 1 aliphatic rings. The Kier molecular flexibility index (Phi) is 5.42. The van der Waals surface area contributed by atoms with Crippen molar-refractivity contribution in [2.24, 2.45) is 5.92 Å². The SMILES string of the molecule is CCn1cc(Cn2cc(NC(=O)C3CCN(S(C)(=O)=O)CC3)cn2)cn1. The highest BCUT2D eigenvalue weighted by molar-refractivity contribution is 7.88. The molecule has 2 aromatic rings. The number of piperidine rings is 1. The summed E-state index contributed by atoms with van der Waals surface area (Å²) in [5.74, 6) is -0.268. The molecule has 2 aromatic heterocycles. The molecule has 3 heterocycles. The van der Waals surface area contributed by atoms with E-state index in [-0.39, 0.29) is 11.8 Å². The van der Waals surface area contributed by atoms with E-state index in [1.165, 1.54) is 10.6 Å². The Balaban J connectivity index is 1.53. The molecule has 0 bridgehead atoms. The van der Waals surface area contributed by atoms with Crippen LogP contribution in [0.4, 0.5) is 5.69 Å². The van der Waals surface area contributed by atoms with Gasteiger partial charge in [0.05, 0.1) is 30.9 Å². The minimum absolute atomic E-state index is 0.0866. The number of hydrogen-bond donors (Lipinski definition) is 1. The number of amides is 1. The van der Waals surface area contributed by atoms with Crippen LogP contribution in [0.1, 0.15) is 25.3 Å². The molecule has 1 fully saturated rings. The van der Waals surface area contributed by atoms with Crippen LogP contribution < -0.4 is 5.32 Å². The lowest BCUT2D eigenvalue weighted by Gasteiger charge is -2.29. The van der Waals surface area contributed by atoms with E-state index in [1.54, 1.807) is 23.3 Å². The average Bonchev–Trinajstić information content (AvgIpc) is 3.24. The van der Waals surface area contributed by atoms with Crippen LogP contribution in [0.25, 0.3) is 0 Å². The Morgan fingerprint density at radius 3 is 2.50 bits per heavy atom. The highest BCUT2D eigenvalue weighted by Gasteiger charge is 2.29. The van der Waals surface area contributed by atoms with Crippen molar-refractivity contribution in [2.45, 2.75) is 32.9 Å². The Hall–Kier alpha value is -2.20. The first-order valence-electron chi connectivity index (χ1n) is 8.65. The van der Waals surface area contributed by atoms with Crippen LogP contribution in [0, 0.1) is 5.92 Å². The van der Waals surface area contributed by atoms with Gasteiger partial charge in [0.15, 0.2) is 0 Å². The molecule has 9 nitrogen and oxygen atoms in total. The molecule has 0 unspecified atom stereocenters. The van der Waals surface area contributed by atoms with Crippen LogP contribution in [-0.2, 0) is 27.9 Å². The second-order valence-corrected chi connectivity index (χ2v) is 8.54. The largest absolute Gasteiger partial charge is 0.323 e. The molecule has 1 saturated heterocycles. The molecule has 0 aromatic carbocycles. The van der Waals surface area contributed by atoms with Crippen LogP contribution in [0.2, 0.25) is 0 Å². The molecular weight excluding hydrogens is 356 g/mol. The number of carbonyl (C=O) groups excluding carboxylic acids is 1. The third-order valence-corrected chi connectivity index (χ3v) is 5.85. The fraction of sp³-hybridized carbons (Fsp3) is 0.562. The van der Waals surface area contributed by atoms with Crippen LogP contribution in [-0.4, -0.2) is 57.5 Å². The van der Waals surface area contributed by atoms with E-state index in [4.69, 9.17) is 0 Å². The number of nitrogens with zero attached hydrogens (tertiary/aromatic N) is 5. The maximum Gasteiger partial charge on any atom is 0.227 e. The maximum atomic E-state index is 12.4. The van der Waals surface area contributed by atoms with Gasteiger partial charge < -0.3 is 5.32 Å². The van der Waals surface area contributed by atoms with Gasteiger partial charge in [-0.25, -0.2) is 12.7 Å². The molecule has 10 heteroatoms. The summed E-state index contributed by atoms with van der Waals surface area (Å²) in [6, 6.07) is 0. The van der Waals surface area contributed by atoms with E-state index in [1.807, 2.05) is 17.8 Å². The summed E-state index contributed by atoms with van der Waals surface area (Å²) in [7, 11) is -3.18. The Morgan fingerprint density at radius 2 is 1.88 bits per heavy atom. The Morgan fingerprint density at radius 1 is 1.19 bits per heavy atom. The molecule has 142 valence electrons. The summed E-state index contributed by atoms with van der Waals surface area (Å²) in [5.41, 5.74) is 1.68. The number of sulfonamides is 1. The second-order valence-electron chi connectivity index (χ2n) is 6.56. The summed E-state index contributed by atoms with van der Waals surface area (Å²) in [5, 5.41) is 11.4. The predicted molar refractivity (Wildman–Crippen MR) is 97.0 cm³/mol. The fourth-order valence-electron chi connectivity index (χ4n) is 3.06. The number of anilines is 1. The normalized spacial score (nSPS) is 16.7. The molecule has 26 heavy (non-hydrogen) atoms. The standard InChI is InChI=1S/C16H24N6O3S/c1-3-20-10-13(8-17-20)11-21-12-15(9-18-21)19-16(23)14-4-6-22(7-5-14)26(2,24)25/h8-10,12,14H,3-7,11H2,1-2H3,(H,19,23). The number of nitrogens with one attached hydrogen (secondary N) is 1. The molecule has 3 rings (SSSR count). The number of aryl methyl sites for hydroxylation is 1.